The van der Waals surface area contributed by atoms with E-state index in [1.54, 1.807) is 16.8 Å². The maximum absolute atomic E-state index is 12.8. The fourth-order valence-electron chi connectivity index (χ4n) is 4.36. The molecule has 0 amide bonds. The highest BCUT2D eigenvalue weighted by Gasteiger charge is 2.23. The lowest BCUT2D eigenvalue weighted by Gasteiger charge is -2.35. The van der Waals surface area contributed by atoms with Crippen LogP contribution in [0.4, 0.5) is 0 Å². The molecule has 0 atom stereocenters. The summed E-state index contributed by atoms with van der Waals surface area (Å²) < 4.78 is 9.31. The summed E-state index contributed by atoms with van der Waals surface area (Å²) in [7, 11) is 0. The number of rotatable bonds is 7. The van der Waals surface area contributed by atoms with Crippen molar-refractivity contribution in [3.05, 3.63) is 67.3 Å². The Hall–Kier alpha value is -1.91. The van der Waals surface area contributed by atoms with Gasteiger partial charge in [0.2, 0.25) is 0 Å². The summed E-state index contributed by atoms with van der Waals surface area (Å²) in [5.41, 5.74) is -0.552. The van der Waals surface area contributed by atoms with E-state index in [0.717, 1.165) is 58.4 Å². The molecule has 184 valence electrons. The number of ether oxygens (including phenoxy) is 1. The molecule has 0 bridgehead atoms. The van der Waals surface area contributed by atoms with Crippen molar-refractivity contribution < 1.29 is 4.74 Å². The van der Waals surface area contributed by atoms with Gasteiger partial charge in [0.1, 0.15) is 0 Å². The smallest absolute Gasteiger partial charge is 0.328 e. The van der Waals surface area contributed by atoms with Crippen LogP contribution in [0, 0.1) is 0 Å². The second-order valence-electron chi connectivity index (χ2n) is 8.40. The van der Waals surface area contributed by atoms with Crippen LogP contribution in [0.2, 0.25) is 0 Å². The van der Waals surface area contributed by atoms with Crippen LogP contribution < -0.4 is 22.1 Å². The van der Waals surface area contributed by atoms with E-state index >= 15 is 0 Å². The first-order chi connectivity index (χ1) is 15.1. The molecule has 0 aliphatic carbocycles. The molecule has 0 spiro atoms. The van der Waals surface area contributed by atoms with Gasteiger partial charge in [-0.2, -0.15) is 0 Å². The van der Waals surface area contributed by atoms with Crippen LogP contribution in [0.5, 0.6) is 0 Å². The van der Waals surface area contributed by atoms with Gasteiger partial charge < -0.3 is 19.5 Å². The molecule has 33 heavy (non-hydrogen) atoms. The van der Waals surface area contributed by atoms with Gasteiger partial charge in [-0.25, -0.2) is 4.79 Å². The predicted molar refractivity (Wildman–Crippen MR) is 132 cm³/mol. The SMILES string of the molecule is Cl.Cl.O=c1ccn(Cc2cccn(CCN3CCC(OC4CCNCC4)CC3)c2=O)c(=O)[nH]1. The number of pyridine rings is 1. The van der Waals surface area contributed by atoms with Gasteiger partial charge in [-0.3, -0.25) is 19.1 Å². The van der Waals surface area contributed by atoms with Gasteiger partial charge in [0.05, 0.1) is 18.8 Å². The van der Waals surface area contributed by atoms with Crippen LogP contribution in [0.25, 0.3) is 0 Å². The highest BCUT2D eigenvalue weighted by atomic mass is 35.5. The second kappa shape index (κ2) is 13.1. The van der Waals surface area contributed by atoms with Crippen molar-refractivity contribution in [1.82, 2.24) is 24.3 Å². The van der Waals surface area contributed by atoms with Gasteiger partial charge in [0.25, 0.3) is 11.1 Å². The van der Waals surface area contributed by atoms with E-state index < -0.39 is 11.2 Å². The molecule has 2 aromatic heterocycles. The maximum Gasteiger partial charge on any atom is 0.328 e. The number of hydrogen-bond donors (Lipinski definition) is 2. The van der Waals surface area contributed by atoms with Gasteiger partial charge >= 0.3 is 5.69 Å². The molecule has 4 heterocycles. The third-order valence-corrected chi connectivity index (χ3v) is 6.20. The van der Waals surface area contributed by atoms with Gasteiger partial charge in [-0.1, -0.05) is 6.07 Å². The summed E-state index contributed by atoms with van der Waals surface area (Å²) in [6, 6.07) is 4.83. The molecular weight excluding hydrogens is 469 g/mol. The van der Waals surface area contributed by atoms with Gasteiger partial charge in [0.15, 0.2) is 0 Å². The van der Waals surface area contributed by atoms with E-state index in [4.69, 9.17) is 4.74 Å². The molecule has 4 rings (SSSR count). The Balaban J connectivity index is 0.00000193. The highest BCUT2D eigenvalue weighted by Crippen LogP contribution is 2.18. The normalized spacial score (nSPS) is 17.8. The molecule has 2 N–H and O–H groups in total. The lowest BCUT2D eigenvalue weighted by Crippen LogP contribution is -2.42. The number of H-pyrrole nitrogens is 1. The zero-order chi connectivity index (χ0) is 21.6. The van der Waals surface area contributed by atoms with Crippen molar-refractivity contribution in [2.75, 3.05) is 32.7 Å². The first-order valence-electron chi connectivity index (χ1n) is 11.1. The minimum absolute atomic E-state index is 0. The van der Waals surface area contributed by atoms with Gasteiger partial charge in [-0.05, 0) is 44.8 Å². The van der Waals surface area contributed by atoms with Crippen LogP contribution in [0.1, 0.15) is 31.2 Å². The Bertz CT molecular complexity index is 1040. The van der Waals surface area contributed by atoms with Crippen molar-refractivity contribution in [3.8, 4) is 0 Å². The molecule has 0 saturated carbocycles. The molecule has 9 nitrogen and oxygen atoms in total. The summed E-state index contributed by atoms with van der Waals surface area (Å²) in [5, 5.41) is 3.37. The lowest BCUT2D eigenvalue weighted by atomic mass is 10.1. The number of likely N-dealkylation sites (tertiary alicyclic amines) is 1. The van der Waals surface area contributed by atoms with Crippen molar-refractivity contribution in [1.29, 1.82) is 0 Å². The van der Waals surface area contributed by atoms with Crippen molar-refractivity contribution in [2.45, 2.75) is 51.0 Å². The number of halogens is 2. The van der Waals surface area contributed by atoms with E-state index in [2.05, 4.69) is 15.2 Å². The van der Waals surface area contributed by atoms with E-state index in [9.17, 15) is 14.4 Å². The summed E-state index contributed by atoms with van der Waals surface area (Å²) >= 11 is 0. The van der Waals surface area contributed by atoms with Crippen LogP contribution in [0.15, 0.2) is 45.0 Å². The zero-order valence-corrected chi connectivity index (χ0v) is 20.2. The fraction of sp³-hybridized carbons (Fsp3) is 0.591. The van der Waals surface area contributed by atoms with E-state index in [1.165, 1.54) is 16.8 Å². The average Bonchev–Trinajstić information content (AvgIpc) is 2.78. The fourth-order valence-corrected chi connectivity index (χ4v) is 4.36. The van der Waals surface area contributed by atoms with Gasteiger partial charge in [0, 0.05) is 50.2 Å². The number of nitrogens with zero attached hydrogens (tertiary/aromatic N) is 3. The molecular formula is C22H33Cl2N5O4. The predicted octanol–water partition coefficient (Wildman–Crippen LogP) is 0.823. The van der Waals surface area contributed by atoms with E-state index in [-0.39, 0.29) is 36.9 Å². The molecule has 2 fully saturated rings. The monoisotopic (exact) mass is 501 g/mol. The minimum atomic E-state index is -0.517. The molecule has 0 aromatic carbocycles. The van der Waals surface area contributed by atoms with Crippen LogP contribution >= 0.6 is 24.8 Å². The third kappa shape index (κ3) is 7.55. The van der Waals surface area contributed by atoms with Gasteiger partial charge in [-0.15, -0.1) is 24.8 Å². The van der Waals surface area contributed by atoms with Crippen molar-refractivity contribution in [3.63, 3.8) is 0 Å². The Labute approximate surface area is 205 Å². The van der Waals surface area contributed by atoms with E-state index in [1.807, 2.05) is 6.07 Å². The number of hydrogen-bond acceptors (Lipinski definition) is 6. The largest absolute Gasteiger partial charge is 0.375 e. The number of aromatic nitrogens is 3. The topological polar surface area (TPSA) is 101 Å². The molecule has 0 radical (unpaired) electrons. The molecule has 2 aliphatic rings. The second-order valence-corrected chi connectivity index (χ2v) is 8.40. The molecule has 2 saturated heterocycles. The molecule has 0 unspecified atom stereocenters. The summed E-state index contributed by atoms with van der Waals surface area (Å²) in [6.07, 6.45) is 8.22. The highest BCUT2D eigenvalue weighted by molar-refractivity contribution is 5.85. The summed E-state index contributed by atoms with van der Waals surface area (Å²) in [5.74, 6) is 0. The van der Waals surface area contributed by atoms with Crippen molar-refractivity contribution >= 4 is 24.8 Å². The third-order valence-electron chi connectivity index (χ3n) is 6.20. The van der Waals surface area contributed by atoms with E-state index in [0.29, 0.717) is 24.3 Å². The Morgan fingerprint density at radius 1 is 0.879 bits per heavy atom. The quantitative estimate of drug-likeness (QED) is 0.582. The van der Waals surface area contributed by atoms with Crippen molar-refractivity contribution in [2.24, 2.45) is 0 Å². The number of nitrogens with one attached hydrogen (secondary N) is 2. The standard InChI is InChI=1S/C22H31N5O4.2ClH/c28-20-7-13-27(22(30)24-20)16-17-2-1-10-26(21(17)29)15-14-25-11-5-19(6-12-25)31-18-3-8-23-9-4-18;;/h1-2,7,10,13,18-19,23H,3-6,8-9,11-12,14-16H2,(H,24,28,30);2*1H. The first kappa shape index (κ1) is 27.3. The number of piperidine rings is 2. The lowest BCUT2D eigenvalue weighted by molar-refractivity contribution is -0.0532. The average molecular weight is 502 g/mol. The van der Waals surface area contributed by atoms with Crippen LogP contribution in [0.3, 0.4) is 0 Å². The summed E-state index contributed by atoms with van der Waals surface area (Å²) in [6.45, 7) is 5.61. The summed E-state index contributed by atoms with van der Waals surface area (Å²) in [4.78, 5) is 40.6. The van der Waals surface area contributed by atoms with Crippen LogP contribution in [-0.2, 0) is 17.8 Å². The molecule has 11 heteroatoms. The molecule has 2 aliphatic heterocycles. The maximum atomic E-state index is 12.8. The Morgan fingerprint density at radius 3 is 2.27 bits per heavy atom. The van der Waals surface area contributed by atoms with Crippen LogP contribution in [-0.4, -0.2) is 63.9 Å². The Kier molecular flexibility index (Phi) is 10.9. The first-order valence-corrected chi connectivity index (χ1v) is 11.1. The zero-order valence-electron chi connectivity index (χ0n) is 18.6. The Morgan fingerprint density at radius 2 is 1.58 bits per heavy atom. The molecule has 2 aromatic rings. The number of aromatic amines is 1. The minimum Gasteiger partial charge on any atom is -0.375 e.